The van der Waals surface area contributed by atoms with Gasteiger partial charge in [0.05, 0.1) is 39.6 Å². The Bertz CT molecular complexity index is 2100. The number of benzene rings is 1. The van der Waals surface area contributed by atoms with Crippen molar-refractivity contribution in [2.45, 2.75) is 101 Å². The second-order valence-electron chi connectivity index (χ2n) is 14.8. The van der Waals surface area contributed by atoms with E-state index in [0.29, 0.717) is 19.0 Å². The molecule has 256 valence electrons. The number of pyridine rings is 1. The Morgan fingerprint density at radius 2 is 1.88 bits per heavy atom. The number of carbonyl (C=O) groups excluding carboxylic acids is 1. The van der Waals surface area contributed by atoms with Crippen molar-refractivity contribution >= 4 is 77.8 Å². The number of piperazine rings is 1. The first-order valence-electron chi connectivity index (χ1n) is 17.4. The van der Waals surface area contributed by atoms with Gasteiger partial charge in [-0.3, -0.25) is 9.88 Å². The van der Waals surface area contributed by atoms with Crippen LogP contribution in [-0.2, 0) is 9.47 Å². The normalized spacial score (nSPS) is 22.9. The van der Waals surface area contributed by atoms with Crippen LogP contribution in [0, 0.1) is 0 Å². The van der Waals surface area contributed by atoms with Crippen LogP contribution in [-0.4, -0.2) is 79.4 Å². The zero-order valence-electron chi connectivity index (χ0n) is 28.2. The summed E-state index contributed by atoms with van der Waals surface area (Å²) in [6.07, 6.45) is 12.9. The largest absolute Gasteiger partial charge is 0.444 e. The van der Waals surface area contributed by atoms with E-state index in [0.717, 1.165) is 110 Å². The third-order valence-electron chi connectivity index (χ3n) is 10.3. The number of aromatic nitrogens is 5. The quantitative estimate of drug-likeness (QED) is 0.131. The van der Waals surface area contributed by atoms with Crippen molar-refractivity contribution in [1.82, 2.24) is 29.6 Å². The zero-order chi connectivity index (χ0) is 33.6. The summed E-state index contributed by atoms with van der Waals surface area (Å²) in [4.78, 5) is 33.8. The van der Waals surface area contributed by atoms with Gasteiger partial charge in [-0.15, -0.1) is 11.3 Å². The molecule has 0 N–H and O–H groups in total. The van der Waals surface area contributed by atoms with Crippen LogP contribution in [0.3, 0.4) is 0 Å². The molecule has 5 aromatic rings. The topological polar surface area (TPSA) is 98.5 Å². The van der Waals surface area contributed by atoms with Crippen molar-refractivity contribution in [3.8, 4) is 11.3 Å². The minimum atomic E-state index is -0.530. The average Bonchev–Trinajstić information content (AvgIpc) is 3.62. The van der Waals surface area contributed by atoms with E-state index in [9.17, 15) is 4.79 Å². The number of fused-ring (bicyclic) bond motifs is 6. The van der Waals surface area contributed by atoms with Gasteiger partial charge in [-0.05, 0) is 95.6 Å². The van der Waals surface area contributed by atoms with E-state index in [-0.39, 0.29) is 24.4 Å². The van der Waals surface area contributed by atoms with Gasteiger partial charge >= 0.3 is 6.09 Å². The average molecular weight is 718 g/mol. The van der Waals surface area contributed by atoms with E-state index in [4.69, 9.17) is 41.1 Å². The van der Waals surface area contributed by atoms with Crippen LogP contribution in [0.2, 0.25) is 5.02 Å². The van der Waals surface area contributed by atoms with E-state index < -0.39 is 5.60 Å². The fraction of sp³-hybridized carbons (Fsp3) is 0.528. The van der Waals surface area contributed by atoms with Gasteiger partial charge in [0, 0.05) is 47.3 Å². The van der Waals surface area contributed by atoms with E-state index in [1.165, 1.54) is 5.56 Å². The third kappa shape index (κ3) is 5.45. The predicted molar refractivity (Wildman–Crippen MR) is 196 cm³/mol. The van der Waals surface area contributed by atoms with Gasteiger partial charge in [-0.1, -0.05) is 23.4 Å². The Morgan fingerprint density at radius 1 is 1.08 bits per heavy atom. The molecule has 4 fully saturated rings. The highest BCUT2D eigenvalue weighted by Gasteiger charge is 2.45. The lowest BCUT2D eigenvalue weighted by Gasteiger charge is -2.42. The number of thiophene rings is 1. The molecule has 0 radical (unpaired) electrons. The van der Waals surface area contributed by atoms with E-state index in [1.807, 2.05) is 49.0 Å². The van der Waals surface area contributed by atoms with Crippen LogP contribution >= 0.6 is 34.7 Å². The zero-order valence-corrected chi connectivity index (χ0v) is 30.6. The number of hydrogen-bond donors (Lipinski definition) is 0. The highest BCUT2D eigenvalue weighted by Crippen LogP contribution is 2.52. The standard InChI is InChI=1S/C36H40ClN7O3S2/c1-36(2,3)47-35(45)43-20-10-11-21(43)18-42(17-20)32-29-22-12-13-38-30(31(22)49-33(29)41-34(40-32)48-4)28-23-16-39-44(26-7-5-6-14-46-26)25(23)15-24(37)27(28)19-8-9-19/h12-13,15-16,19-21,26H,5-11,14,17-18H2,1-4H3/t20-,21+,26?. The summed E-state index contributed by atoms with van der Waals surface area (Å²) in [5, 5.41) is 9.59. The lowest BCUT2D eigenvalue weighted by molar-refractivity contribution is -0.0366. The summed E-state index contributed by atoms with van der Waals surface area (Å²) >= 11 is 10.4. The molecule has 1 aromatic carbocycles. The highest BCUT2D eigenvalue weighted by molar-refractivity contribution is 7.98. The molecule has 2 bridgehead atoms. The van der Waals surface area contributed by atoms with Crippen molar-refractivity contribution in [1.29, 1.82) is 0 Å². The number of anilines is 1. The SMILES string of the molecule is CSc1nc(N2C[C@H]3CC[C@@H](C2)N3C(=O)OC(C)(C)C)c2c(n1)sc1c(-c3c(C4CC4)c(Cl)cc4c3cnn4C3CCCCO3)nccc12. The smallest absolute Gasteiger partial charge is 0.410 e. The van der Waals surface area contributed by atoms with Crippen LogP contribution in [0.15, 0.2) is 29.7 Å². The molecule has 3 saturated heterocycles. The summed E-state index contributed by atoms with van der Waals surface area (Å²) in [6, 6.07) is 4.34. The van der Waals surface area contributed by atoms with Crippen LogP contribution in [0.4, 0.5) is 10.6 Å². The Hall–Kier alpha value is -3.19. The molecule has 49 heavy (non-hydrogen) atoms. The van der Waals surface area contributed by atoms with Gasteiger partial charge in [0.25, 0.3) is 0 Å². The summed E-state index contributed by atoms with van der Waals surface area (Å²) in [5.41, 5.74) is 3.62. The molecule has 4 aliphatic rings. The maximum Gasteiger partial charge on any atom is 0.410 e. The number of hydrogen-bond acceptors (Lipinski definition) is 10. The number of rotatable bonds is 5. The number of carbonyl (C=O) groups is 1. The molecular weight excluding hydrogens is 678 g/mol. The molecule has 3 aliphatic heterocycles. The van der Waals surface area contributed by atoms with Gasteiger partial charge in [0.2, 0.25) is 0 Å². The van der Waals surface area contributed by atoms with Crippen molar-refractivity contribution in [3.05, 3.63) is 35.1 Å². The highest BCUT2D eigenvalue weighted by atomic mass is 35.5. The van der Waals surface area contributed by atoms with Crippen LogP contribution in [0.5, 0.6) is 0 Å². The van der Waals surface area contributed by atoms with Crippen molar-refractivity contribution in [2.24, 2.45) is 0 Å². The minimum absolute atomic E-state index is 0.0731. The lowest BCUT2D eigenvalue weighted by atomic mass is 9.95. The monoisotopic (exact) mass is 717 g/mol. The van der Waals surface area contributed by atoms with Gasteiger partial charge < -0.3 is 14.4 Å². The van der Waals surface area contributed by atoms with Gasteiger partial charge in [0.1, 0.15) is 16.2 Å². The Labute approximate surface area is 298 Å². The number of nitrogens with zero attached hydrogens (tertiary/aromatic N) is 7. The van der Waals surface area contributed by atoms with Gasteiger partial charge in [-0.2, -0.15) is 5.10 Å². The van der Waals surface area contributed by atoms with Gasteiger partial charge in [0.15, 0.2) is 11.4 Å². The van der Waals surface area contributed by atoms with Gasteiger partial charge in [-0.25, -0.2) is 19.4 Å². The Morgan fingerprint density at radius 3 is 2.57 bits per heavy atom. The summed E-state index contributed by atoms with van der Waals surface area (Å²) < 4.78 is 15.1. The number of ether oxygens (including phenoxy) is 2. The first kappa shape index (κ1) is 31.8. The van der Waals surface area contributed by atoms with Crippen LogP contribution in [0.25, 0.3) is 42.5 Å². The summed E-state index contributed by atoms with van der Waals surface area (Å²) in [5.74, 6) is 1.34. The van der Waals surface area contributed by atoms with E-state index in [1.54, 1.807) is 23.1 Å². The molecule has 3 atom stereocenters. The van der Waals surface area contributed by atoms with E-state index >= 15 is 0 Å². The number of thioether (sulfide) groups is 1. The molecule has 13 heteroatoms. The molecule has 1 unspecified atom stereocenters. The maximum absolute atomic E-state index is 13.3. The fourth-order valence-electron chi connectivity index (χ4n) is 8.09. The molecule has 4 aromatic heterocycles. The van der Waals surface area contributed by atoms with E-state index in [2.05, 4.69) is 17.0 Å². The van der Waals surface area contributed by atoms with Crippen LogP contribution < -0.4 is 4.90 Å². The Balaban J connectivity index is 1.18. The lowest BCUT2D eigenvalue weighted by Crippen LogP contribution is -2.57. The molecular formula is C36H40ClN7O3S2. The molecule has 1 aliphatic carbocycles. The Kier molecular flexibility index (Phi) is 7.75. The first-order chi connectivity index (χ1) is 23.7. The number of amides is 1. The maximum atomic E-state index is 13.3. The predicted octanol–water partition coefficient (Wildman–Crippen LogP) is 8.80. The second kappa shape index (κ2) is 12.0. The fourth-order valence-corrected chi connectivity index (χ4v) is 10.0. The molecule has 0 spiro atoms. The van der Waals surface area contributed by atoms with Crippen LogP contribution in [0.1, 0.15) is 83.4 Å². The van der Waals surface area contributed by atoms with Crippen molar-refractivity contribution in [2.75, 3.05) is 30.9 Å². The van der Waals surface area contributed by atoms with Crippen molar-refractivity contribution in [3.63, 3.8) is 0 Å². The molecule has 1 saturated carbocycles. The second-order valence-corrected chi connectivity index (χ2v) is 17.0. The molecule has 7 heterocycles. The molecule has 9 rings (SSSR count). The third-order valence-corrected chi connectivity index (χ3v) is 12.3. The molecule has 10 nitrogen and oxygen atoms in total. The summed E-state index contributed by atoms with van der Waals surface area (Å²) in [6.45, 7) is 7.93. The summed E-state index contributed by atoms with van der Waals surface area (Å²) in [7, 11) is 0. The minimum Gasteiger partial charge on any atom is -0.444 e. The van der Waals surface area contributed by atoms with Crippen molar-refractivity contribution < 1.29 is 14.3 Å². The number of halogens is 1. The molecule has 1 amide bonds. The first-order valence-corrected chi connectivity index (χ1v) is 19.8.